The highest BCUT2D eigenvalue weighted by atomic mass is 35.5. The number of methoxy groups -OCH3 is 1. The number of ether oxygens (including phenoxy) is 2. The number of nitrogens with one attached hydrogen (secondary N) is 1. The van der Waals surface area contributed by atoms with Crippen molar-refractivity contribution in [3.8, 4) is 11.5 Å². The molecule has 1 N–H and O–H groups in total. The number of hydrogen-bond acceptors (Lipinski definition) is 4. The van der Waals surface area contributed by atoms with Crippen LogP contribution in [-0.2, 0) is 0 Å². The lowest BCUT2D eigenvalue weighted by Gasteiger charge is -2.05. The lowest BCUT2D eigenvalue weighted by molar-refractivity contribution is 0.0955. The number of hydrogen-bond donors (Lipinski definition) is 1. The van der Waals surface area contributed by atoms with Crippen LogP contribution in [0.2, 0.25) is 5.02 Å². The Morgan fingerprint density at radius 1 is 1.26 bits per heavy atom. The van der Waals surface area contributed by atoms with Crippen molar-refractivity contribution in [1.82, 2.24) is 5.43 Å². The fourth-order valence-corrected chi connectivity index (χ4v) is 2.08. The molecule has 0 unspecified atom stereocenters. The van der Waals surface area contributed by atoms with Gasteiger partial charge >= 0.3 is 0 Å². The predicted molar refractivity (Wildman–Crippen MR) is 90.7 cm³/mol. The van der Waals surface area contributed by atoms with Gasteiger partial charge in [0.1, 0.15) is 11.5 Å². The van der Waals surface area contributed by atoms with Gasteiger partial charge in [0.15, 0.2) is 0 Å². The summed E-state index contributed by atoms with van der Waals surface area (Å²) in [4.78, 5) is 12.0. The first-order chi connectivity index (χ1) is 11.1. The first kappa shape index (κ1) is 16.8. The molecule has 23 heavy (non-hydrogen) atoms. The van der Waals surface area contributed by atoms with Crippen LogP contribution in [0.5, 0.6) is 11.5 Å². The number of carbonyl (C=O) groups excluding carboxylic acids is 1. The normalized spacial score (nSPS) is 10.6. The van der Waals surface area contributed by atoms with Gasteiger partial charge in [-0.1, -0.05) is 11.6 Å². The molecule has 0 aliphatic carbocycles. The summed E-state index contributed by atoms with van der Waals surface area (Å²) in [6.07, 6.45) is 1.48. The van der Waals surface area contributed by atoms with E-state index in [4.69, 9.17) is 21.1 Å². The Morgan fingerprint density at radius 2 is 2.00 bits per heavy atom. The van der Waals surface area contributed by atoms with Crippen molar-refractivity contribution in [2.24, 2.45) is 5.10 Å². The third kappa shape index (κ3) is 4.72. The fourth-order valence-electron chi connectivity index (χ4n) is 1.90. The Labute approximate surface area is 139 Å². The Morgan fingerprint density at radius 3 is 2.65 bits per heavy atom. The van der Waals surface area contributed by atoms with Gasteiger partial charge < -0.3 is 9.47 Å². The molecule has 2 aromatic rings. The maximum absolute atomic E-state index is 12.0. The highest BCUT2D eigenvalue weighted by Crippen LogP contribution is 2.20. The van der Waals surface area contributed by atoms with Crippen molar-refractivity contribution in [3.05, 3.63) is 58.6 Å². The highest BCUT2D eigenvalue weighted by Gasteiger charge is 2.05. The molecule has 0 heterocycles. The Kier molecular flexibility index (Phi) is 6.00. The average Bonchev–Trinajstić information content (AvgIpc) is 2.56. The van der Waals surface area contributed by atoms with E-state index in [9.17, 15) is 4.79 Å². The molecule has 0 radical (unpaired) electrons. The van der Waals surface area contributed by atoms with E-state index in [0.717, 1.165) is 5.75 Å². The van der Waals surface area contributed by atoms with E-state index in [0.29, 0.717) is 28.5 Å². The summed E-state index contributed by atoms with van der Waals surface area (Å²) in [5.41, 5.74) is 3.62. The minimum atomic E-state index is -0.315. The molecule has 120 valence electrons. The largest absolute Gasteiger partial charge is 0.496 e. The molecular weight excluding hydrogens is 316 g/mol. The number of halogens is 1. The van der Waals surface area contributed by atoms with Crippen LogP contribution in [-0.4, -0.2) is 25.8 Å². The molecule has 0 aliphatic heterocycles. The molecule has 0 atom stereocenters. The second-order valence-corrected chi connectivity index (χ2v) is 4.98. The van der Waals surface area contributed by atoms with Crippen LogP contribution in [0, 0.1) is 0 Å². The summed E-state index contributed by atoms with van der Waals surface area (Å²) in [5.74, 6) is 1.02. The SMILES string of the molecule is CCOc1ccc(C(=O)N/N=C/c2cc(Cl)ccc2OC)cc1. The van der Waals surface area contributed by atoms with Crippen molar-refractivity contribution >= 4 is 23.7 Å². The van der Waals surface area contributed by atoms with E-state index in [1.165, 1.54) is 6.21 Å². The molecule has 2 aromatic carbocycles. The van der Waals surface area contributed by atoms with Crippen molar-refractivity contribution in [3.63, 3.8) is 0 Å². The zero-order valence-corrected chi connectivity index (χ0v) is 13.6. The number of hydrazone groups is 1. The molecule has 6 heteroatoms. The van der Waals surface area contributed by atoms with E-state index in [2.05, 4.69) is 10.5 Å². The number of rotatable bonds is 6. The van der Waals surface area contributed by atoms with Crippen molar-refractivity contribution in [1.29, 1.82) is 0 Å². The van der Waals surface area contributed by atoms with Crippen LogP contribution < -0.4 is 14.9 Å². The maximum atomic E-state index is 12.0. The second-order valence-electron chi connectivity index (χ2n) is 4.54. The maximum Gasteiger partial charge on any atom is 0.271 e. The Hall–Kier alpha value is -2.53. The minimum absolute atomic E-state index is 0.315. The number of nitrogens with zero attached hydrogens (tertiary/aromatic N) is 1. The van der Waals surface area contributed by atoms with Gasteiger partial charge in [-0.15, -0.1) is 0 Å². The van der Waals surface area contributed by atoms with E-state index >= 15 is 0 Å². The summed E-state index contributed by atoms with van der Waals surface area (Å²) in [6.45, 7) is 2.48. The zero-order chi connectivity index (χ0) is 16.7. The Bertz CT molecular complexity index is 699. The highest BCUT2D eigenvalue weighted by molar-refractivity contribution is 6.30. The van der Waals surface area contributed by atoms with Gasteiger partial charge in [-0.2, -0.15) is 5.10 Å². The smallest absolute Gasteiger partial charge is 0.271 e. The first-order valence-electron chi connectivity index (χ1n) is 7.04. The summed E-state index contributed by atoms with van der Waals surface area (Å²) in [7, 11) is 1.55. The third-order valence-electron chi connectivity index (χ3n) is 2.99. The van der Waals surface area contributed by atoms with Crippen LogP contribution in [0.4, 0.5) is 0 Å². The number of amides is 1. The number of benzene rings is 2. The molecule has 0 saturated heterocycles. The molecule has 0 aromatic heterocycles. The number of carbonyl (C=O) groups is 1. The average molecular weight is 333 g/mol. The third-order valence-corrected chi connectivity index (χ3v) is 3.22. The molecule has 1 amide bonds. The molecule has 5 nitrogen and oxygen atoms in total. The summed E-state index contributed by atoms with van der Waals surface area (Å²) in [6, 6.07) is 12.0. The summed E-state index contributed by atoms with van der Waals surface area (Å²) in [5, 5.41) is 4.49. The van der Waals surface area contributed by atoms with Crippen LogP contribution in [0.15, 0.2) is 47.6 Å². The van der Waals surface area contributed by atoms with E-state index in [1.807, 2.05) is 6.92 Å². The van der Waals surface area contributed by atoms with Gasteiger partial charge in [-0.05, 0) is 49.4 Å². The van der Waals surface area contributed by atoms with Gasteiger partial charge in [0.2, 0.25) is 0 Å². The van der Waals surface area contributed by atoms with Crippen molar-refractivity contribution in [2.45, 2.75) is 6.92 Å². The molecule has 2 rings (SSSR count). The van der Waals surface area contributed by atoms with Gasteiger partial charge in [0.05, 0.1) is 19.9 Å². The summed E-state index contributed by atoms with van der Waals surface area (Å²) >= 11 is 5.94. The topological polar surface area (TPSA) is 59.9 Å². The predicted octanol–water partition coefficient (Wildman–Crippen LogP) is 3.51. The monoisotopic (exact) mass is 332 g/mol. The van der Waals surface area contributed by atoms with Gasteiger partial charge in [0, 0.05) is 16.1 Å². The quantitative estimate of drug-likeness (QED) is 0.650. The van der Waals surface area contributed by atoms with Crippen LogP contribution in [0.1, 0.15) is 22.8 Å². The Balaban J connectivity index is 2.02. The molecule has 0 bridgehead atoms. The minimum Gasteiger partial charge on any atom is -0.496 e. The second kappa shape index (κ2) is 8.19. The first-order valence-corrected chi connectivity index (χ1v) is 7.41. The van der Waals surface area contributed by atoms with Gasteiger partial charge in [-0.25, -0.2) is 5.43 Å². The summed E-state index contributed by atoms with van der Waals surface area (Å²) < 4.78 is 10.5. The zero-order valence-electron chi connectivity index (χ0n) is 12.9. The van der Waals surface area contributed by atoms with Crippen molar-refractivity contribution < 1.29 is 14.3 Å². The molecule has 0 fully saturated rings. The molecular formula is C17H17ClN2O3. The molecule has 0 aliphatic rings. The molecule has 0 saturated carbocycles. The van der Waals surface area contributed by atoms with E-state index in [-0.39, 0.29) is 5.91 Å². The van der Waals surface area contributed by atoms with Crippen LogP contribution in [0.3, 0.4) is 0 Å². The van der Waals surface area contributed by atoms with Crippen molar-refractivity contribution in [2.75, 3.05) is 13.7 Å². The standard InChI is InChI=1S/C17H17ClN2O3/c1-3-23-15-7-4-12(5-8-15)17(21)20-19-11-13-10-14(18)6-9-16(13)22-2/h4-11H,3H2,1-2H3,(H,20,21)/b19-11+. The van der Waals surface area contributed by atoms with Crippen LogP contribution >= 0.6 is 11.6 Å². The van der Waals surface area contributed by atoms with Gasteiger partial charge in [-0.3, -0.25) is 4.79 Å². The molecule has 0 spiro atoms. The fraction of sp³-hybridized carbons (Fsp3) is 0.176. The lowest BCUT2D eigenvalue weighted by Crippen LogP contribution is -2.17. The van der Waals surface area contributed by atoms with Gasteiger partial charge in [0.25, 0.3) is 5.91 Å². The lowest BCUT2D eigenvalue weighted by atomic mass is 10.2. The van der Waals surface area contributed by atoms with E-state index in [1.54, 1.807) is 49.6 Å². The van der Waals surface area contributed by atoms with Crippen LogP contribution in [0.25, 0.3) is 0 Å². The van der Waals surface area contributed by atoms with E-state index < -0.39 is 0 Å².